The summed E-state index contributed by atoms with van der Waals surface area (Å²) in [5, 5.41) is 2.98. The third-order valence-corrected chi connectivity index (χ3v) is 4.62. The summed E-state index contributed by atoms with van der Waals surface area (Å²) in [5.41, 5.74) is 4.75. The molecule has 2 aromatic carbocycles. The van der Waals surface area contributed by atoms with Gasteiger partial charge in [-0.15, -0.1) is 0 Å². The lowest BCUT2D eigenvalue weighted by atomic mass is 10.1. The number of aryl methyl sites for hydroxylation is 2. The number of benzene rings is 2. The molecule has 4 nitrogen and oxygen atoms in total. The maximum absolute atomic E-state index is 12.4. The van der Waals surface area contributed by atoms with Gasteiger partial charge in [0.15, 0.2) is 0 Å². The monoisotopic (exact) mass is 323 g/mol. The predicted molar refractivity (Wildman–Crippen MR) is 98.2 cm³/mol. The maximum atomic E-state index is 12.4. The summed E-state index contributed by atoms with van der Waals surface area (Å²) >= 11 is 0. The van der Waals surface area contributed by atoms with Gasteiger partial charge >= 0.3 is 6.03 Å². The van der Waals surface area contributed by atoms with Crippen molar-refractivity contribution in [2.45, 2.75) is 20.4 Å². The lowest BCUT2D eigenvalue weighted by Crippen LogP contribution is -2.49. The zero-order valence-corrected chi connectivity index (χ0v) is 14.5. The molecule has 0 unspecified atom stereocenters. The van der Waals surface area contributed by atoms with Crippen LogP contribution in [0, 0.1) is 13.8 Å². The summed E-state index contributed by atoms with van der Waals surface area (Å²) < 4.78 is 0. The highest BCUT2D eigenvalue weighted by molar-refractivity contribution is 5.89. The van der Waals surface area contributed by atoms with E-state index in [4.69, 9.17) is 0 Å². The molecule has 24 heavy (non-hydrogen) atoms. The molecule has 1 fully saturated rings. The van der Waals surface area contributed by atoms with E-state index < -0.39 is 0 Å². The summed E-state index contributed by atoms with van der Waals surface area (Å²) in [6.07, 6.45) is 0. The van der Waals surface area contributed by atoms with Crippen molar-refractivity contribution in [3.05, 3.63) is 65.2 Å². The highest BCUT2D eigenvalue weighted by Crippen LogP contribution is 2.14. The van der Waals surface area contributed by atoms with Crippen molar-refractivity contribution in [3.8, 4) is 0 Å². The Hall–Kier alpha value is -2.33. The Labute approximate surface area is 144 Å². The molecular formula is C20H25N3O. The largest absolute Gasteiger partial charge is 0.322 e. The first-order valence-electron chi connectivity index (χ1n) is 8.51. The SMILES string of the molecule is Cc1ccc(NC(=O)N2CCN(Cc3ccccc3C)CC2)cc1. The van der Waals surface area contributed by atoms with Crippen LogP contribution in [0.25, 0.3) is 0 Å². The molecule has 0 aliphatic carbocycles. The van der Waals surface area contributed by atoms with Crippen molar-refractivity contribution < 1.29 is 4.79 Å². The predicted octanol–water partition coefficient (Wildman–Crippen LogP) is 3.65. The molecule has 1 N–H and O–H groups in total. The van der Waals surface area contributed by atoms with Crippen molar-refractivity contribution in [1.29, 1.82) is 0 Å². The third kappa shape index (κ3) is 4.15. The van der Waals surface area contributed by atoms with Crippen LogP contribution in [0.4, 0.5) is 10.5 Å². The van der Waals surface area contributed by atoms with Gasteiger partial charge in [0, 0.05) is 38.4 Å². The van der Waals surface area contributed by atoms with Crippen molar-refractivity contribution >= 4 is 11.7 Å². The molecular weight excluding hydrogens is 298 g/mol. The number of hydrogen-bond donors (Lipinski definition) is 1. The first-order chi connectivity index (χ1) is 11.6. The minimum atomic E-state index is -0.00519. The molecule has 0 saturated carbocycles. The average Bonchev–Trinajstić information content (AvgIpc) is 2.59. The molecule has 2 amide bonds. The molecule has 2 aromatic rings. The molecule has 4 heteroatoms. The van der Waals surface area contributed by atoms with E-state index in [1.54, 1.807) is 0 Å². The van der Waals surface area contributed by atoms with Gasteiger partial charge in [-0.05, 0) is 37.1 Å². The van der Waals surface area contributed by atoms with E-state index in [9.17, 15) is 4.79 Å². The molecule has 1 heterocycles. The summed E-state index contributed by atoms with van der Waals surface area (Å²) in [6, 6.07) is 16.4. The Morgan fingerprint density at radius 3 is 2.29 bits per heavy atom. The van der Waals surface area contributed by atoms with Gasteiger partial charge in [0.25, 0.3) is 0 Å². The normalized spacial score (nSPS) is 15.3. The topological polar surface area (TPSA) is 35.6 Å². The summed E-state index contributed by atoms with van der Waals surface area (Å²) in [7, 11) is 0. The summed E-state index contributed by atoms with van der Waals surface area (Å²) in [5.74, 6) is 0. The Balaban J connectivity index is 1.50. The number of nitrogens with one attached hydrogen (secondary N) is 1. The van der Waals surface area contributed by atoms with Crippen molar-refractivity contribution in [2.24, 2.45) is 0 Å². The highest BCUT2D eigenvalue weighted by atomic mass is 16.2. The molecule has 0 aromatic heterocycles. The van der Waals surface area contributed by atoms with Gasteiger partial charge < -0.3 is 10.2 Å². The average molecular weight is 323 g/mol. The third-order valence-electron chi connectivity index (χ3n) is 4.62. The zero-order chi connectivity index (χ0) is 16.9. The molecule has 0 atom stereocenters. The number of carbonyl (C=O) groups excluding carboxylic acids is 1. The van der Waals surface area contributed by atoms with Crippen molar-refractivity contribution in [2.75, 3.05) is 31.5 Å². The van der Waals surface area contributed by atoms with E-state index >= 15 is 0 Å². The molecule has 1 saturated heterocycles. The van der Waals surface area contributed by atoms with Crippen LogP contribution in [0.1, 0.15) is 16.7 Å². The zero-order valence-electron chi connectivity index (χ0n) is 14.5. The van der Waals surface area contributed by atoms with Crippen LogP contribution >= 0.6 is 0 Å². The standard InChI is InChI=1S/C20H25N3O/c1-16-7-9-19(10-8-16)21-20(24)23-13-11-22(12-14-23)15-18-6-4-3-5-17(18)2/h3-10H,11-15H2,1-2H3,(H,21,24). The van der Waals surface area contributed by atoms with E-state index in [0.29, 0.717) is 0 Å². The number of carbonyl (C=O) groups is 1. The van der Waals surface area contributed by atoms with Gasteiger partial charge in [-0.2, -0.15) is 0 Å². The molecule has 0 bridgehead atoms. The quantitative estimate of drug-likeness (QED) is 0.936. The van der Waals surface area contributed by atoms with Gasteiger partial charge in [0.1, 0.15) is 0 Å². The number of piperazine rings is 1. The van der Waals surface area contributed by atoms with Crippen LogP contribution in [0.2, 0.25) is 0 Å². The fourth-order valence-electron chi connectivity index (χ4n) is 2.98. The van der Waals surface area contributed by atoms with Gasteiger partial charge in [-0.3, -0.25) is 4.90 Å². The lowest BCUT2D eigenvalue weighted by molar-refractivity contribution is 0.143. The molecule has 0 radical (unpaired) electrons. The van der Waals surface area contributed by atoms with E-state index in [2.05, 4.69) is 41.4 Å². The Morgan fingerprint density at radius 1 is 0.958 bits per heavy atom. The molecule has 1 aliphatic rings. The second-order valence-corrected chi connectivity index (χ2v) is 6.49. The Morgan fingerprint density at radius 2 is 1.62 bits per heavy atom. The number of amides is 2. The number of anilines is 1. The van der Waals surface area contributed by atoms with Crippen LogP contribution in [-0.4, -0.2) is 42.0 Å². The van der Waals surface area contributed by atoms with Crippen LogP contribution < -0.4 is 5.32 Å². The van der Waals surface area contributed by atoms with Gasteiger partial charge in [0.05, 0.1) is 0 Å². The van der Waals surface area contributed by atoms with E-state index in [1.165, 1.54) is 16.7 Å². The van der Waals surface area contributed by atoms with E-state index in [1.807, 2.05) is 36.1 Å². The number of rotatable bonds is 3. The summed E-state index contributed by atoms with van der Waals surface area (Å²) in [4.78, 5) is 16.7. The highest BCUT2D eigenvalue weighted by Gasteiger charge is 2.21. The van der Waals surface area contributed by atoms with Crippen molar-refractivity contribution in [1.82, 2.24) is 9.80 Å². The van der Waals surface area contributed by atoms with Crippen LogP contribution in [0.15, 0.2) is 48.5 Å². The second-order valence-electron chi connectivity index (χ2n) is 6.49. The Bertz CT molecular complexity index is 688. The molecule has 0 spiro atoms. The van der Waals surface area contributed by atoms with Gasteiger partial charge in [0.2, 0.25) is 0 Å². The van der Waals surface area contributed by atoms with E-state index in [0.717, 1.165) is 38.4 Å². The molecule has 1 aliphatic heterocycles. The second kappa shape index (κ2) is 7.49. The van der Waals surface area contributed by atoms with Crippen molar-refractivity contribution in [3.63, 3.8) is 0 Å². The molecule has 3 rings (SSSR count). The molecule has 126 valence electrons. The Kier molecular flexibility index (Phi) is 5.16. The van der Waals surface area contributed by atoms with Gasteiger partial charge in [-0.1, -0.05) is 42.0 Å². The summed E-state index contributed by atoms with van der Waals surface area (Å²) in [6.45, 7) is 8.51. The van der Waals surface area contributed by atoms with E-state index in [-0.39, 0.29) is 6.03 Å². The smallest absolute Gasteiger partial charge is 0.321 e. The first-order valence-corrected chi connectivity index (χ1v) is 8.51. The maximum Gasteiger partial charge on any atom is 0.321 e. The van der Waals surface area contributed by atoms with Gasteiger partial charge in [-0.25, -0.2) is 4.79 Å². The fourth-order valence-corrected chi connectivity index (χ4v) is 2.98. The fraction of sp³-hybridized carbons (Fsp3) is 0.350. The number of urea groups is 1. The minimum Gasteiger partial charge on any atom is -0.322 e. The first kappa shape index (κ1) is 16.5. The minimum absolute atomic E-state index is 0.00519. The number of nitrogens with zero attached hydrogens (tertiary/aromatic N) is 2. The van der Waals surface area contributed by atoms with Crippen LogP contribution in [-0.2, 0) is 6.54 Å². The number of hydrogen-bond acceptors (Lipinski definition) is 2. The lowest BCUT2D eigenvalue weighted by Gasteiger charge is -2.35. The van der Waals surface area contributed by atoms with Crippen LogP contribution in [0.3, 0.4) is 0 Å². The van der Waals surface area contributed by atoms with Crippen LogP contribution in [0.5, 0.6) is 0 Å².